The zero-order chi connectivity index (χ0) is 14.7. The van der Waals surface area contributed by atoms with E-state index in [4.69, 9.17) is 22.1 Å². The highest BCUT2D eigenvalue weighted by atomic mass is 35.5. The van der Waals surface area contributed by atoms with Crippen LogP contribution in [0.5, 0.6) is 11.5 Å². The van der Waals surface area contributed by atoms with Gasteiger partial charge in [-0.3, -0.25) is 10.1 Å². The van der Waals surface area contributed by atoms with Gasteiger partial charge < -0.3 is 10.5 Å². The van der Waals surface area contributed by atoms with Crippen molar-refractivity contribution < 1.29 is 14.1 Å². The van der Waals surface area contributed by atoms with Crippen LogP contribution in [0.4, 0.5) is 10.1 Å². The van der Waals surface area contributed by atoms with Crippen molar-refractivity contribution in [3.63, 3.8) is 0 Å². The standard InChI is InChI=1S/C13H10ClFN2O3/c14-10-6-9(5-4-8(10)7-16)20-13-11(15)2-1-3-12(13)17(18)19/h1-6H,7,16H2. The number of rotatable bonds is 4. The van der Waals surface area contributed by atoms with E-state index in [9.17, 15) is 14.5 Å². The predicted octanol–water partition coefficient (Wildman–Crippen LogP) is 3.64. The lowest BCUT2D eigenvalue weighted by atomic mass is 10.2. The summed E-state index contributed by atoms with van der Waals surface area (Å²) in [7, 11) is 0. The van der Waals surface area contributed by atoms with Crippen molar-refractivity contribution in [1.82, 2.24) is 0 Å². The molecule has 5 nitrogen and oxygen atoms in total. The summed E-state index contributed by atoms with van der Waals surface area (Å²) in [6, 6.07) is 8.05. The van der Waals surface area contributed by atoms with Crippen molar-refractivity contribution in [2.24, 2.45) is 5.73 Å². The number of para-hydroxylation sites is 1. The first-order valence-corrected chi connectivity index (χ1v) is 6.00. The monoisotopic (exact) mass is 296 g/mol. The van der Waals surface area contributed by atoms with Crippen LogP contribution in [0.3, 0.4) is 0 Å². The second-order valence-electron chi connectivity index (χ2n) is 3.90. The second kappa shape index (κ2) is 5.85. The number of hydrogen-bond donors (Lipinski definition) is 1. The summed E-state index contributed by atoms with van der Waals surface area (Å²) in [6.07, 6.45) is 0. The Labute approximate surface area is 118 Å². The number of nitro groups is 1. The molecule has 0 aliphatic carbocycles. The summed E-state index contributed by atoms with van der Waals surface area (Å²) in [5.41, 5.74) is 5.71. The van der Waals surface area contributed by atoms with Gasteiger partial charge in [0, 0.05) is 17.6 Å². The molecule has 0 amide bonds. The van der Waals surface area contributed by atoms with E-state index < -0.39 is 22.2 Å². The summed E-state index contributed by atoms with van der Waals surface area (Å²) < 4.78 is 18.9. The molecule has 20 heavy (non-hydrogen) atoms. The summed E-state index contributed by atoms with van der Waals surface area (Å²) >= 11 is 5.95. The molecule has 0 aromatic heterocycles. The van der Waals surface area contributed by atoms with Crippen molar-refractivity contribution in [3.05, 3.63) is 62.9 Å². The van der Waals surface area contributed by atoms with Crippen LogP contribution in [-0.4, -0.2) is 4.92 Å². The number of hydrogen-bond acceptors (Lipinski definition) is 4. The molecule has 0 aliphatic heterocycles. The van der Waals surface area contributed by atoms with E-state index in [0.29, 0.717) is 10.6 Å². The molecular formula is C13H10ClFN2O3. The van der Waals surface area contributed by atoms with Gasteiger partial charge in [0.25, 0.3) is 0 Å². The third kappa shape index (κ3) is 2.87. The highest BCUT2D eigenvalue weighted by Crippen LogP contribution is 2.35. The van der Waals surface area contributed by atoms with Crippen molar-refractivity contribution in [2.45, 2.75) is 6.54 Å². The summed E-state index contributed by atoms with van der Waals surface area (Å²) in [6.45, 7) is 0.249. The van der Waals surface area contributed by atoms with Gasteiger partial charge in [-0.1, -0.05) is 23.7 Å². The largest absolute Gasteiger partial charge is 0.447 e. The Balaban J connectivity index is 2.39. The van der Waals surface area contributed by atoms with E-state index in [1.165, 1.54) is 18.2 Å². The molecule has 104 valence electrons. The molecule has 2 aromatic rings. The summed E-state index contributed by atoms with van der Waals surface area (Å²) in [5, 5.41) is 11.2. The van der Waals surface area contributed by atoms with Crippen molar-refractivity contribution in [3.8, 4) is 11.5 Å². The second-order valence-corrected chi connectivity index (χ2v) is 4.31. The number of ether oxygens (including phenoxy) is 1. The van der Waals surface area contributed by atoms with Gasteiger partial charge in [0.15, 0.2) is 5.82 Å². The molecule has 0 saturated heterocycles. The number of benzene rings is 2. The van der Waals surface area contributed by atoms with Gasteiger partial charge >= 0.3 is 5.69 Å². The lowest BCUT2D eigenvalue weighted by Crippen LogP contribution is -1.98. The van der Waals surface area contributed by atoms with E-state index in [-0.39, 0.29) is 12.3 Å². The summed E-state index contributed by atoms with van der Waals surface area (Å²) in [4.78, 5) is 10.1. The van der Waals surface area contributed by atoms with Crippen LogP contribution in [0, 0.1) is 15.9 Å². The minimum atomic E-state index is -0.821. The van der Waals surface area contributed by atoms with E-state index in [2.05, 4.69) is 0 Å². The smallest absolute Gasteiger partial charge is 0.314 e. The SMILES string of the molecule is NCc1ccc(Oc2c(F)cccc2[N+](=O)[O-])cc1Cl. The van der Waals surface area contributed by atoms with Crippen molar-refractivity contribution in [1.29, 1.82) is 0 Å². The Kier molecular flexibility index (Phi) is 4.16. The topological polar surface area (TPSA) is 78.4 Å². The van der Waals surface area contributed by atoms with E-state index >= 15 is 0 Å². The Hall–Kier alpha value is -2.18. The predicted molar refractivity (Wildman–Crippen MR) is 72.5 cm³/mol. The van der Waals surface area contributed by atoms with Gasteiger partial charge in [-0.25, -0.2) is 4.39 Å². The Morgan fingerprint density at radius 3 is 2.70 bits per heavy atom. The molecule has 0 unspecified atom stereocenters. The van der Waals surface area contributed by atoms with Crippen LogP contribution in [0.1, 0.15) is 5.56 Å². The molecule has 2 N–H and O–H groups in total. The van der Waals surface area contributed by atoms with Crippen LogP contribution in [0.15, 0.2) is 36.4 Å². The first kappa shape index (κ1) is 14.2. The van der Waals surface area contributed by atoms with Crippen molar-refractivity contribution >= 4 is 17.3 Å². The maximum atomic E-state index is 13.7. The lowest BCUT2D eigenvalue weighted by molar-refractivity contribution is -0.385. The Morgan fingerprint density at radius 2 is 2.10 bits per heavy atom. The molecule has 0 saturated carbocycles. The molecule has 0 radical (unpaired) electrons. The molecule has 2 rings (SSSR count). The van der Waals surface area contributed by atoms with E-state index in [1.54, 1.807) is 6.07 Å². The fourth-order valence-electron chi connectivity index (χ4n) is 1.62. The molecule has 0 aliphatic rings. The minimum absolute atomic E-state index is 0.195. The molecule has 7 heteroatoms. The van der Waals surface area contributed by atoms with Crippen molar-refractivity contribution in [2.75, 3.05) is 0 Å². The number of halogens is 2. The molecule has 0 atom stereocenters. The van der Waals surface area contributed by atoms with E-state index in [0.717, 1.165) is 12.1 Å². The maximum absolute atomic E-state index is 13.7. The highest BCUT2D eigenvalue weighted by molar-refractivity contribution is 6.31. The molecular weight excluding hydrogens is 287 g/mol. The van der Waals surface area contributed by atoms with Crippen LogP contribution in [-0.2, 0) is 6.54 Å². The number of nitro benzene ring substituents is 1. The molecule has 0 spiro atoms. The zero-order valence-electron chi connectivity index (χ0n) is 10.2. The molecule has 0 bridgehead atoms. The Morgan fingerprint density at radius 1 is 1.35 bits per heavy atom. The quantitative estimate of drug-likeness (QED) is 0.690. The highest BCUT2D eigenvalue weighted by Gasteiger charge is 2.20. The summed E-state index contributed by atoms with van der Waals surface area (Å²) in [5.74, 6) is -1.08. The van der Waals surface area contributed by atoms with Crippen LogP contribution in [0.2, 0.25) is 5.02 Å². The van der Waals surface area contributed by atoms with Gasteiger partial charge in [0.2, 0.25) is 5.75 Å². The fraction of sp³-hybridized carbons (Fsp3) is 0.0769. The van der Waals surface area contributed by atoms with Gasteiger partial charge in [0.1, 0.15) is 5.75 Å². The first-order valence-electron chi connectivity index (χ1n) is 5.62. The van der Waals surface area contributed by atoms with Gasteiger partial charge in [-0.15, -0.1) is 0 Å². The Bertz CT molecular complexity index is 664. The normalized spacial score (nSPS) is 10.3. The number of nitrogens with zero attached hydrogens (tertiary/aromatic N) is 1. The van der Waals surface area contributed by atoms with Gasteiger partial charge in [-0.2, -0.15) is 0 Å². The average Bonchev–Trinajstić information content (AvgIpc) is 2.41. The molecule has 0 fully saturated rings. The third-order valence-corrected chi connectivity index (χ3v) is 2.96. The van der Waals surface area contributed by atoms with Crippen LogP contribution in [0.25, 0.3) is 0 Å². The minimum Gasteiger partial charge on any atom is -0.447 e. The third-order valence-electron chi connectivity index (χ3n) is 2.61. The van der Waals surface area contributed by atoms with Gasteiger partial charge in [-0.05, 0) is 23.8 Å². The first-order chi connectivity index (χ1) is 9.52. The number of nitrogens with two attached hydrogens (primary N) is 1. The molecule has 2 aromatic carbocycles. The maximum Gasteiger partial charge on any atom is 0.314 e. The molecule has 0 heterocycles. The average molecular weight is 297 g/mol. The van der Waals surface area contributed by atoms with E-state index in [1.807, 2.05) is 0 Å². The fourth-order valence-corrected chi connectivity index (χ4v) is 1.86. The van der Waals surface area contributed by atoms with Crippen LogP contribution < -0.4 is 10.5 Å². The van der Waals surface area contributed by atoms with Crippen LogP contribution >= 0.6 is 11.6 Å². The zero-order valence-corrected chi connectivity index (χ0v) is 10.9. The van der Waals surface area contributed by atoms with Gasteiger partial charge in [0.05, 0.1) is 4.92 Å². The lowest BCUT2D eigenvalue weighted by Gasteiger charge is -2.09.